The highest BCUT2D eigenvalue weighted by Gasteiger charge is 2.28. The first-order valence-electron chi connectivity index (χ1n) is 6.17. The molecule has 1 aromatic rings. The third kappa shape index (κ3) is 3.54. The van der Waals surface area contributed by atoms with Crippen molar-refractivity contribution in [3.63, 3.8) is 0 Å². The second kappa shape index (κ2) is 5.69. The summed E-state index contributed by atoms with van der Waals surface area (Å²) in [5.74, 6) is 0.431. The molecule has 1 aromatic heterocycles. The molecule has 1 aliphatic heterocycles. The molecule has 1 aliphatic rings. The van der Waals surface area contributed by atoms with Gasteiger partial charge in [0.1, 0.15) is 0 Å². The molecule has 102 valence electrons. The Bertz CT molecular complexity index is 470. The molecule has 6 heteroatoms. The van der Waals surface area contributed by atoms with Crippen LogP contribution in [0, 0.1) is 5.92 Å². The molecule has 1 saturated heterocycles. The van der Waals surface area contributed by atoms with Crippen molar-refractivity contribution in [2.24, 2.45) is 5.92 Å². The number of nitrogens with zero attached hydrogens (tertiary/aromatic N) is 1. The highest BCUT2D eigenvalue weighted by atomic mass is 32.2. The lowest BCUT2D eigenvalue weighted by atomic mass is 10.1. The molecule has 2 rings (SSSR count). The first kappa shape index (κ1) is 14.0. The SMILES string of the molecule is C[C@H](NC[C@@H]1CCN(S(C)(=O)=O)C1)c1ccsc1. The fourth-order valence-electron chi connectivity index (χ4n) is 2.25. The predicted octanol–water partition coefficient (Wildman–Crippen LogP) is 1.68. The number of hydrogen-bond acceptors (Lipinski definition) is 4. The predicted molar refractivity (Wildman–Crippen MR) is 75.3 cm³/mol. The van der Waals surface area contributed by atoms with Crippen LogP contribution < -0.4 is 5.32 Å². The molecule has 2 atom stereocenters. The Morgan fingerprint density at radius 2 is 2.39 bits per heavy atom. The van der Waals surface area contributed by atoms with Gasteiger partial charge in [-0.1, -0.05) is 0 Å². The van der Waals surface area contributed by atoms with Crippen LogP contribution in [-0.2, 0) is 10.0 Å². The monoisotopic (exact) mass is 288 g/mol. The molecular weight excluding hydrogens is 268 g/mol. The molecule has 0 bridgehead atoms. The molecular formula is C12H20N2O2S2. The number of hydrogen-bond donors (Lipinski definition) is 1. The van der Waals surface area contributed by atoms with Crippen molar-refractivity contribution in [3.8, 4) is 0 Å². The average molecular weight is 288 g/mol. The molecule has 0 unspecified atom stereocenters. The van der Waals surface area contributed by atoms with Gasteiger partial charge in [-0.15, -0.1) is 0 Å². The molecule has 18 heavy (non-hydrogen) atoms. The van der Waals surface area contributed by atoms with Gasteiger partial charge in [0, 0.05) is 19.1 Å². The summed E-state index contributed by atoms with van der Waals surface area (Å²) in [5, 5.41) is 7.71. The molecule has 0 spiro atoms. The van der Waals surface area contributed by atoms with Crippen LogP contribution in [-0.4, -0.2) is 38.6 Å². The van der Waals surface area contributed by atoms with E-state index in [9.17, 15) is 8.42 Å². The van der Waals surface area contributed by atoms with Crippen molar-refractivity contribution >= 4 is 21.4 Å². The Morgan fingerprint density at radius 3 is 2.94 bits per heavy atom. The van der Waals surface area contributed by atoms with E-state index in [1.54, 1.807) is 15.6 Å². The number of sulfonamides is 1. The lowest BCUT2D eigenvalue weighted by Gasteiger charge is -2.17. The third-order valence-electron chi connectivity index (χ3n) is 3.47. The fraction of sp³-hybridized carbons (Fsp3) is 0.667. The second-order valence-corrected chi connectivity index (χ2v) is 7.72. The molecule has 0 amide bonds. The maximum Gasteiger partial charge on any atom is 0.211 e. The van der Waals surface area contributed by atoms with Crippen LogP contribution in [0.2, 0.25) is 0 Å². The fourth-order valence-corrected chi connectivity index (χ4v) is 3.92. The van der Waals surface area contributed by atoms with E-state index in [4.69, 9.17) is 0 Å². The summed E-state index contributed by atoms with van der Waals surface area (Å²) in [7, 11) is -3.01. The quantitative estimate of drug-likeness (QED) is 0.897. The smallest absolute Gasteiger partial charge is 0.211 e. The van der Waals surface area contributed by atoms with Crippen molar-refractivity contribution in [3.05, 3.63) is 22.4 Å². The van der Waals surface area contributed by atoms with Crippen LogP contribution in [0.5, 0.6) is 0 Å². The van der Waals surface area contributed by atoms with Crippen molar-refractivity contribution in [2.45, 2.75) is 19.4 Å². The van der Waals surface area contributed by atoms with Crippen LogP contribution >= 0.6 is 11.3 Å². The van der Waals surface area contributed by atoms with Gasteiger partial charge < -0.3 is 5.32 Å². The number of thiophene rings is 1. The first-order valence-corrected chi connectivity index (χ1v) is 8.96. The zero-order valence-corrected chi connectivity index (χ0v) is 12.4. The van der Waals surface area contributed by atoms with E-state index in [2.05, 4.69) is 29.1 Å². The van der Waals surface area contributed by atoms with Crippen LogP contribution in [0.1, 0.15) is 24.9 Å². The van der Waals surface area contributed by atoms with Crippen molar-refractivity contribution in [1.29, 1.82) is 0 Å². The standard InChI is InChI=1S/C12H20N2O2S2/c1-10(12-4-6-17-9-12)13-7-11-3-5-14(8-11)18(2,15)16/h4,6,9-11,13H,3,5,7-8H2,1-2H3/t10-,11-/m0/s1. The maximum absolute atomic E-state index is 11.4. The Balaban J connectivity index is 1.79. The van der Waals surface area contributed by atoms with Crippen molar-refractivity contribution < 1.29 is 8.42 Å². The first-order chi connectivity index (χ1) is 8.47. The largest absolute Gasteiger partial charge is 0.310 e. The van der Waals surface area contributed by atoms with E-state index in [1.807, 2.05) is 0 Å². The van der Waals surface area contributed by atoms with Gasteiger partial charge in [0.2, 0.25) is 10.0 Å². The molecule has 1 N–H and O–H groups in total. The molecule has 0 aromatic carbocycles. The lowest BCUT2D eigenvalue weighted by Crippen LogP contribution is -2.30. The zero-order valence-electron chi connectivity index (χ0n) is 10.8. The summed E-state index contributed by atoms with van der Waals surface area (Å²) < 4.78 is 24.4. The Morgan fingerprint density at radius 1 is 1.61 bits per heavy atom. The number of rotatable bonds is 5. The van der Waals surface area contributed by atoms with E-state index >= 15 is 0 Å². The van der Waals surface area contributed by atoms with E-state index in [0.717, 1.165) is 13.0 Å². The normalized spacial score (nSPS) is 23.3. The Kier molecular flexibility index (Phi) is 4.42. The minimum absolute atomic E-state index is 0.337. The van der Waals surface area contributed by atoms with E-state index in [1.165, 1.54) is 11.8 Å². The zero-order chi connectivity index (χ0) is 13.2. The van der Waals surface area contributed by atoms with Gasteiger partial charge in [-0.05, 0) is 48.2 Å². The molecule has 0 saturated carbocycles. The summed E-state index contributed by atoms with van der Waals surface area (Å²) in [6, 6.07) is 2.46. The van der Waals surface area contributed by atoms with Gasteiger partial charge in [0.05, 0.1) is 6.26 Å². The summed E-state index contributed by atoms with van der Waals surface area (Å²) in [6.07, 6.45) is 2.24. The van der Waals surface area contributed by atoms with Gasteiger partial charge in [0.15, 0.2) is 0 Å². The van der Waals surface area contributed by atoms with Gasteiger partial charge in [-0.2, -0.15) is 11.3 Å². The lowest BCUT2D eigenvalue weighted by molar-refractivity contribution is 0.433. The van der Waals surface area contributed by atoms with Gasteiger partial charge in [-0.25, -0.2) is 12.7 Å². The minimum Gasteiger partial charge on any atom is -0.310 e. The highest BCUT2D eigenvalue weighted by Crippen LogP contribution is 2.20. The summed E-state index contributed by atoms with van der Waals surface area (Å²) >= 11 is 1.70. The van der Waals surface area contributed by atoms with E-state index < -0.39 is 10.0 Å². The maximum atomic E-state index is 11.4. The Hall–Kier alpha value is -0.430. The van der Waals surface area contributed by atoms with Crippen LogP contribution in [0.3, 0.4) is 0 Å². The van der Waals surface area contributed by atoms with Crippen LogP contribution in [0.4, 0.5) is 0 Å². The molecule has 1 fully saturated rings. The molecule has 4 nitrogen and oxygen atoms in total. The average Bonchev–Trinajstić information content (AvgIpc) is 2.96. The molecule has 0 aliphatic carbocycles. The Labute approximate surface area is 113 Å². The summed E-state index contributed by atoms with van der Waals surface area (Å²) in [4.78, 5) is 0. The van der Waals surface area contributed by atoms with Gasteiger partial charge in [0.25, 0.3) is 0 Å². The molecule has 0 radical (unpaired) electrons. The van der Waals surface area contributed by atoms with Crippen LogP contribution in [0.15, 0.2) is 16.8 Å². The van der Waals surface area contributed by atoms with E-state index in [0.29, 0.717) is 25.0 Å². The summed E-state index contributed by atoms with van der Waals surface area (Å²) in [5.41, 5.74) is 1.30. The molecule has 2 heterocycles. The third-order valence-corrected chi connectivity index (χ3v) is 5.44. The number of nitrogens with one attached hydrogen (secondary N) is 1. The van der Waals surface area contributed by atoms with Gasteiger partial charge in [-0.3, -0.25) is 0 Å². The van der Waals surface area contributed by atoms with Crippen molar-refractivity contribution in [1.82, 2.24) is 9.62 Å². The summed E-state index contributed by atoms with van der Waals surface area (Å²) in [6.45, 7) is 4.34. The second-order valence-electron chi connectivity index (χ2n) is 4.96. The van der Waals surface area contributed by atoms with E-state index in [-0.39, 0.29) is 0 Å². The highest BCUT2D eigenvalue weighted by molar-refractivity contribution is 7.88. The van der Waals surface area contributed by atoms with Crippen LogP contribution in [0.25, 0.3) is 0 Å². The minimum atomic E-state index is -3.01. The topological polar surface area (TPSA) is 49.4 Å². The van der Waals surface area contributed by atoms with Gasteiger partial charge >= 0.3 is 0 Å². The van der Waals surface area contributed by atoms with Crippen molar-refractivity contribution in [2.75, 3.05) is 25.9 Å².